The normalized spacial score (nSPS) is 30.9. The maximum Gasteiger partial charge on any atom is 0.237 e. The van der Waals surface area contributed by atoms with Crippen LogP contribution < -0.4 is 39.3 Å². The molecular weight excluding hydrogens is 1210 g/mol. The van der Waals surface area contributed by atoms with Crippen LogP contribution in [0.25, 0.3) is 0 Å². The van der Waals surface area contributed by atoms with E-state index in [-0.39, 0.29) is 44.0 Å². The van der Waals surface area contributed by atoms with Gasteiger partial charge in [0.2, 0.25) is 17.7 Å². The van der Waals surface area contributed by atoms with Gasteiger partial charge in [-0.15, -0.1) is 0 Å². The summed E-state index contributed by atoms with van der Waals surface area (Å²) in [6.45, 7) is 4.47. The predicted molar refractivity (Wildman–Crippen MR) is 360 cm³/mol. The third-order valence-corrected chi connectivity index (χ3v) is 19.0. The Morgan fingerprint density at radius 1 is 0.479 bits per heavy atom. The van der Waals surface area contributed by atoms with Crippen molar-refractivity contribution < 1.29 is 83.7 Å². The van der Waals surface area contributed by atoms with Gasteiger partial charge >= 0.3 is 0 Å². The molecule has 94 heavy (non-hydrogen) atoms. The quantitative estimate of drug-likeness (QED) is 0.0305. The van der Waals surface area contributed by atoms with E-state index in [2.05, 4.69) is 48.8 Å². The Morgan fingerprint density at radius 2 is 0.915 bits per heavy atom. The highest BCUT2D eigenvalue weighted by atomic mass is 16.8. The Bertz CT molecular complexity index is 2020. The highest BCUT2D eigenvalue weighted by Crippen LogP contribution is 2.35. The van der Waals surface area contributed by atoms with Gasteiger partial charge in [0.25, 0.3) is 0 Å². The smallest absolute Gasteiger partial charge is 0.237 e. The summed E-state index contributed by atoms with van der Waals surface area (Å²) in [7, 11) is 0. The summed E-state index contributed by atoms with van der Waals surface area (Å²) in [5.74, 6) is -0.786. The molecule has 3 heterocycles. The van der Waals surface area contributed by atoms with Crippen molar-refractivity contribution in [1.82, 2.24) is 15.5 Å². The van der Waals surface area contributed by atoms with Gasteiger partial charge in [-0.1, -0.05) is 154 Å². The Morgan fingerprint density at radius 3 is 1.41 bits per heavy atom. The number of carbonyl (C=O) groups excluding carboxylic acids is 3. The van der Waals surface area contributed by atoms with Crippen molar-refractivity contribution in [3.8, 4) is 0 Å². The average molecular weight is 1340 g/mol. The van der Waals surface area contributed by atoms with Crippen molar-refractivity contribution >= 4 is 17.7 Å². The van der Waals surface area contributed by atoms with Crippen LogP contribution in [0, 0.1) is 0 Å². The van der Waals surface area contributed by atoms with Gasteiger partial charge in [0.15, 0.2) is 18.9 Å². The van der Waals surface area contributed by atoms with E-state index in [1.807, 2.05) is 4.90 Å². The first-order chi connectivity index (χ1) is 45.4. The van der Waals surface area contributed by atoms with Gasteiger partial charge in [-0.3, -0.25) is 14.4 Å². The first-order valence-corrected chi connectivity index (χ1v) is 36.5. The molecule has 20 atom stereocenters. The number of nitrogens with zero attached hydrogens (tertiary/aromatic N) is 1. The van der Waals surface area contributed by atoms with Crippen LogP contribution in [0.1, 0.15) is 232 Å². The van der Waals surface area contributed by atoms with Gasteiger partial charge in [-0.25, -0.2) is 0 Å². The molecule has 0 aromatic rings. The zero-order chi connectivity index (χ0) is 68.6. The fourth-order valence-electron chi connectivity index (χ4n) is 12.8. The van der Waals surface area contributed by atoms with Crippen LogP contribution in [-0.2, 0) is 42.8 Å². The number of nitrogens with two attached hydrogens (primary N) is 5. The predicted octanol–water partition coefficient (Wildman–Crippen LogP) is 3.59. The molecule has 25 nitrogen and oxygen atoms in total. The van der Waals surface area contributed by atoms with E-state index in [1.54, 1.807) is 0 Å². The van der Waals surface area contributed by atoms with E-state index in [4.69, 9.17) is 57.1 Å². The van der Waals surface area contributed by atoms with Crippen molar-refractivity contribution in [3.63, 3.8) is 0 Å². The maximum atomic E-state index is 13.6. The molecule has 20 N–H and O–H groups in total. The van der Waals surface area contributed by atoms with Crippen LogP contribution in [0.4, 0.5) is 0 Å². The molecule has 0 radical (unpaired) electrons. The molecule has 0 aromatic heterocycles. The summed E-state index contributed by atoms with van der Waals surface area (Å²) < 4.78 is 35.5. The van der Waals surface area contributed by atoms with Crippen LogP contribution >= 0.6 is 0 Å². The molecule has 3 aliphatic heterocycles. The van der Waals surface area contributed by atoms with Crippen molar-refractivity contribution in [2.75, 3.05) is 39.4 Å². The van der Waals surface area contributed by atoms with Crippen molar-refractivity contribution in [2.45, 2.75) is 354 Å². The summed E-state index contributed by atoms with van der Waals surface area (Å²) in [6, 6.07) is -5.62. The molecular formula is C69H130N8O17. The van der Waals surface area contributed by atoms with Gasteiger partial charge in [-0.2, -0.15) is 0 Å². The summed E-state index contributed by atoms with van der Waals surface area (Å²) in [6.07, 6.45) is 22.8. The number of nitrogens with one attached hydrogen (secondary N) is 2. The van der Waals surface area contributed by atoms with Gasteiger partial charge < -0.3 is 113 Å². The first kappa shape index (κ1) is 83.5. The Balaban J connectivity index is 1.17. The number of unbranched alkanes of at least 4 members (excludes halogenated alkanes) is 25. The Kier molecular flexibility index (Phi) is 43.4. The SMILES string of the molecule is CCCCCCCCC=CCCCCCCCCN(CCCCCCCCC=CCCCCCCCC)C(=O)CCC(=O)NCCCC[C@H](N)C(=O)NCC1O[C@H](O[C@@H]2C(O)[C@H](O[C@@H]3C(O)[C@H](N)CC(N)[C@H]3O[C@H]3OC(CO)[C@@H](O)[C@H](O)C3N)O[C@@H]2CO)[C@H](N)C(O)[C@@H]1O. The number of amides is 3. The standard InChI is InChI=1S/C69H130N8O17/c1-3-5-7-9-11-13-15-17-19-21-23-25-27-29-31-35-41-77(42-36-32-30-28-26-24-22-20-18-16-14-12-10-8-6-4-2)54(81)39-38-53(80)75-40-34-33-37-47(70)66(88)76-44-50-58(83)60(85)55(73)67(89-50)93-64-52(46-79)91-69(62(64)87)94-65-57(82)48(71)43-49(72)63(65)92-68-56(74)61(86)59(84)51(45-78)90-68/h17-20,47-52,55-65,67-69,78-79,82-87H,3-16,21-46,70-74H2,1-2H3,(H,75,80)(H,76,88)/t47-,48+,49?,50?,51?,52+,55+,56?,57?,58+,59+,60?,61+,62?,63+,64-,65+,67+,68+,69-/m0/s1. The number of aliphatic hydroxyl groups is 8. The minimum Gasteiger partial charge on any atom is -0.394 e. The second kappa shape index (κ2) is 48.8. The molecule has 0 aromatic carbocycles. The number of hydrogen-bond acceptors (Lipinski definition) is 22. The molecule has 0 bridgehead atoms. The number of ether oxygens (including phenoxy) is 6. The molecule has 1 saturated carbocycles. The highest BCUT2D eigenvalue weighted by molar-refractivity contribution is 5.83. The summed E-state index contributed by atoms with van der Waals surface area (Å²) in [4.78, 5) is 41.8. The number of allylic oxidation sites excluding steroid dienone is 4. The third-order valence-electron chi connectivity index (χ3n) is 19.0. The summed E-state index contributed by atoms with van der Waals surface area (Å²) >= 11 is 0. The zero-order valence-electron chi connectivity index (χ0n) is 57.2. The van der Waals surface area contributed by atoms with Crippen molar-refractivity contribution in [2.24, 2.45) is 28.7 Å². The molecule has 0 spiro atoms. The molecule has 3 amide bonds. The first-order valence-electron chi connectivity index (χ1n) is 36.5. The van der Waals surface area contributed by atoms with E-state index in [0.29, 0.717) is 32.5 Å². The fourth-order valence-corrected chi connectivity index (χ4v) is 12.8. The molecule has 1 aliphatic carbocycles. The van der Waals surface area contributed by atoms with Crippen LogP contribution in [0.2, 0.25) is 0 Å². The molecule has 25 heteroatoms. The van der Waals surface area contributed by atoms with E-state index in [0.717, 1.165) is 51.4 Å². The second-order valence-electron chi connectivity index (χ2n) is 26.9. The van der Waals surface area contributed by atoms with E-state index < -0.39 is 141 Å². The van der Waals surface area contributed by atoms with Gasteiger partial charge in [0.05, 0.1) is 37.4 Å². The van der Waals surface area contributed by atoms with Crippen LogP contribution in [-0.4, -0.2) is 225 Å². The highest BCUT2D eigenvalue weighted by Gasteiger charge is 2.54. The Hall–Kier alpha value is -2.87. The Labute approximate surface area is 561 Å². The van der Waals surface area contributed by atoms with Crippen LogP contribution in [0.15, 0.2) is 24.3 Å². The van der Waals surface area contributed by atoms with E-state index >= 15 is 0 Å². The monoisotopic (exact) mass is 1340 g/mol. The topological polar surface area (TPSA) is 426 Å². The lowest BCUT2D eigenvalue weighted by molar-refractivity contribution is -0.310. The molecule has 7 unspecified atom stereocenters. The summed E-state index contributed by atoms with van der Waals surface area (Å²) in [5, 5.41) is 91.2. The molecule has 548 valence electrons. The third kappa shape index (κ3) is 30.3. The van der Waals surface area contributed by atoms with E-state index in [9.17, 15) is 55.2 Å². The molecule has 4 aliphatic rings. The van der Waals surface area contributed by atoms with Crippen LogP contribution in [0.5, 0.6) is 0 Å². The zero-order valence-corrected chi connectivity index (χ0v) is 57.2. The molecule has 4 rings (SSSR count). The van der Waals surface area contributed by atoms with E-state index in [1.165, 1.54) is 128 Å². The number of rotatable bonds is 51. The maximum absolute atomic E-state index is 13.6. The van der Waals surface area contributed by atoms with Gasteiger partial charge in [0.1, 0.15) is 67.1 Å². The molecule has 3 saturated heterocycles. The van der Waals surface area contributed by atoms with Gasteiger partial charge in [-0.05, 0) is 89.9 Å². The minimum absolute atomic E-state index is 0.0102. The van der Waals surface area contributed by atoms with Crippen LogP contribution in [0.3, 0.4) is 0 Å². The fraction of sp³-hybridized carbons (Fsp3) is 0.899. The average Bonchev–Trinajstić information content (AvgIpc) is 1.36. The van der Waals surface area contributed by atoms with Crippen molar-refractivity contribution in [3.05, 3.63) is 24.3 Å². The summed E-state index contributed by atoms with van der Waals surface area (Å²) in [5.41, 5.74) is 31.2. The lowest BCUT2D eigenvalue weighted by Crippen LogP contribution is -2.68. The number of carbonyl (C=O) groups is 3. The minimum atomic E-state index is -1.74. The lowest BCUT2D eigenvalue weighted by Gasteiger charge is -2.47. The van der Waals surface area contributed by atoms with Crippen molar-refractivity contribution in [1.29, 1.82) is 0 Å². The largest absolute Gasteiger partial charge is 0.394 e. The van der Waals surface area contributed by atoms with Gasteiger partial charge in [0, 0.05) is 51.1 Å². The number of aliphatic hydroxyl groups excluding tert-OH is 8. The molecule has 4 fully saturated rings. The number of hydrogen-bond donors (Lipinski definition) is 15. The second-order valence-corrected chi connectivity index (χ2v) is 26.9. The lowest BCUT2D eigenvalue weighted by atomic mass is 9.84.